The van der Waals surface area contributed by atoms with E-state index in [9.17, 15) is 9.90 Å². The first-order valence-electron chi connectivity index (χ1n) is 6.94. The number of hydrogen-bond acceptors (Lipinski definition) is 3. The molecular weight excluding hydrogens is 266 g/mol. The molecule has 0 spiro atoms. The van der Waals surface area contributed by atoms with Gasteiger partial charge in [0, 0.05) is 30.1 Å². The Hall–Kier alpha value is -2.40. The largest absolute Gasteiger partial charge is 0.392 e. The van der Waals surface area contributed by atoms with Crippen LogP contribution in [0.2, 0.25) is 0 Å². The highest BCUT2D eigenvalue weighted by Gasteiger charge is 2.17. The van der Waals surface area contributed by atoms with Crippen molar-refractivity contribution in [2.75, 3.05) is 0 Å². The van der Waals surface area contributed by atoms with E-state index in [1.807, 2.05) is 38.1 Å². The normalized spacial score (nSPS) is 11.2. The Balaban J connectivity index is 2.32. The van der Waals surface area contributed by atoms with Gasteiger partial charge in [0.25, 0.3) is 5.56 Å². The van der Waals surface area contributed by atoms with Gasteiger partial charge in [-0.05, 0) is 13.8 Å². The lowest BCUT2D eigenvalue weighted by Crippen LogP contribution is -2.21. The molecule has 0 aliphatic heterocycles. The molecule has 0 saturated carbocycles. The zero-order chi connectivity index (χ0) is 15.0. The van der Waals surface area contributed by atoms with Gasteiger partial charge in [0.2, 0.25) is 0 Å². The van der Waals surface area contributed by atoms with Crippen LogP contribution in [-0.2, 0) is 13.2 Å². The number of fused-ring (bicyclic) bond motifs is 1. The van der Waals surface area contributed by atoms with E-state index in [0.717, 1.165) is 11.1 Å². The Morgan fingerprint density at radius 1 is 1.19 bits per heavy atom. The molecule has 5 heteroatoms. The first-order valence-corrected chi connectivity index (χ1v) is 6.94. The number of benzene rings is 1. The number of aliphatic hydroxyl groups is 1. The maximum atomic E-state index is 12.4. The molecule has 108 valence electrons. The average molecular weight is 283 g/mol. The Morgan fingerprint density at radius 3 is 2.52 bits per heavy atom. The molecule has 1 N–H and O–H groups in total. The van der Waals surface area contributed by atoms with Crippen molar-refractivity contribution in [1.82, 2.24) is 14.2 Å². The minimum atomic E-state index is -0.213. The van der Waals surface area contributed by atoms with Gasteiger partial charge in [-0.15, -0.1) is 0 Å². The van der Waals surface area contributed by atoms with E-state index in [4.69, 9.17) is 0 Å². The molecule has 0 atom stereocenters. The second-order valence-electron chi connectivity index (χ2n) is 5.03. The molecule has 21 heavy (non-hydrogen) atoms. The van der Waals surface area contributed by atoms with Gasteiger partial charge in [-0.3, -0.25) is 4.79 Å². The van der Waals surface area contributed by atoms with E-state index < -0.39 is 0 Å². The highest BCUT2D eigenvalue weighted by Crippen LogP contribution is 2.25. The smallest absolute Gasteiger partial charge is 0.276 e. The molecule has 0 saturated heterocycles. The molecule has 3 rings (SSSR count). The van der Waals surface area contributed by atoms with E-state index in [-0.39, 0.29) is 12.2 Å². The van der Waals surface area contributed by atoms with Gasteiger partial charge in [0.05, 0.1) is 12.3 Å². The predicted molar refractivity (Wildman–Crippen MR) is 81.2 cm³/mol. The number of aryl methyl sites for hydroxylation is 2. The van der Waals surface area contributed by atoms with Crippen LogP contribution in [0, 0.1) is 6.92 Å². The van der Waals surface area contributed by atoms with Crippen molar-refractivity contribution in [2.45, 2.75) is 27.0 Å². The van der Waals surface area contributed by atoms with Gasteiger partial charge in [0.15, 0.2) is 0 Å². The third-order valence-electron chi connectivity index (χ3n) is 3.68. The van der Waals surface area contributed by atoms with Crippen LogP contribution in [0.3, 0.4) is 0 Å². The van der Waals surface area contributed by atoms with Crippen LogP contribution < -0.4 is 5.56 Å². The summed E-state index contributed by atoms with van der Waals surface area (Å²) in [6, 6.07) is 7.89. The van der Waals surface area contributed by atoms with Crippen molar-refractivity contribution in [3.63, 3.8) is 0 Å². The summed E-state index contributed by atoms with van der Waals surface area (Å²) in [5.41, 5.74) is 3.60. The molecule has 0 unspecified atom stereocenters. The standard InChI is InChI=1S/C16H17N3O2/c1-3-18-8-9-19-15(16(18)21)13(10-20)14(17-19)12-6-4-11(2)5-7-12/h4-9,20H,3,10H2,1-2H3. The summed E-state index contributed by atoms with van der Waals surface area (Å²) >= 11 is 0. The Kier molecular flexibility index (Phi) is 3.35. The lowest BCUT2D eigenvalue weighted by molar-refractivity contribution is 0.283. The van der Waals surface area contributed by atoms with Crippen LogP contribution in [-0.4, -0.2) is 19.3 Å². The van der Waals surface area contributed by atoms with Gasteiger partial charge >= 0.3 is 0 Å². The highest BCUT2D eigenvalue weighted by molar-refractivity contribution is 5.72. The van der Waals surface area contributed by atoms with Crippen molar-refractivity contribution < 1.29 is 5.11 Å². The zero-order valence-electron chi connectivity index (χ0n) is 12.1. The van der Waals surface area contributed by atoms with Crippen LogP contribution in [0.15, 0.2) is 41.5 Å². The summed E-state index contributed by atoms with van der Waals surface area (Å²) in [5, 5.41) is 14.2. The van der Waals surface area contributed by atoms with Crippen LogP contribution in [0.5, 0.6) is 0 Å². The van der Waals surface area contributed by atoms with Crippen molar-refractivity contribution in [3.8, 4) is 11.3 Å². The molecule has 0 aliphatic carbocycles. The summed E-state index contributed by atoms with van der Waals surface area (Å²) in [4.78, 5) is 12.4. The highest BCUT2D eigenvalue weighted by atomic mass is 16.3. The van der Waals surface area contributed by atoms with Gasteiger partial charge in [-0.2, -0.15) is 5.10 Å². The summed E-state index contributed by atoms with van der Waals surface area (Å²) in [5.74, 6) is 0. The summed E-state index contributed by atoms with van der Waals surface area (Å²) in [6.07, 6.45) is 3.46. The van der Waals surface area contributed by atoms with Crippen molar-refractivity contribution in [2.24, 2.45) is 0 Å². The predicted octanol–water partition coefficient (Wildman–Crippen LogP) is 1.98. The fourth-order valence-corrected chi connectivity index (χ4v) is 2.49. The second kappa shape index (κ2) is 5.18. The first-order chi connectivity index (χ1) is 10.2. The molecule has 5 nitrogen and oxygen atoms in total. The number of rotatable bonds is 3. The molecule has 0 radical (unpaired) electrons. The molecule has 0 fully saturated rings. The summed E-state index contributed by atoms with van der Waals surface area (Å²) < 4.78 is 3.16. The van der Waals surface area contributed by atoms with Gasteiger partial charge in [-0.25, -0.2) is 4.52 Å². The molecule has 0 amide bonds. The van der Waals surface area contributed by atoms with Crippen LogP contribution >= 0.6 is 0 Å². The monoisotopic (exact) mass is 283 g/mol. The fourth-order valence-electron chi connectivity index (χ4n) is 2.49. The van der Waals surface area contributed by atoms with Crippen molar-refractivity contribution in [1.29, 1.82) is 0 Å². The van der Waals surface area contributed by atoms with Crippen LogP contribution in [0.4, 0.5) is 0 Å². The Labute approximate surface area is 122 Å². The van der Waals surface area contributed by atoms with Gasteiger partial charge < -0.3 is 9.67 Å². The Bertz CT molecular complexity index is 844. The summed E-state index contributed by atoms with van der Waals surface area (Å²) in [6.45, 7) is 4.30. The maximum absolute atomic E-state index is 12.4. The first kappa shape index (κ1) is 13.6. The number of nitrogens with zero attached hydrogens (tertiary/aromatic N) is 3. The fraction of sp³-hybridized carbons (Fsp3) is 0.250. The molecule has 3 aromatic rings. The molecule has 2 aromatic heterocycles. The molecule has 0 aliphatic rings. The topological polar surface area (TPSA) is 59.5 Å². The van der Waals surface area contributed by atoms with Crippen molar-refractivity contribution in [3.05, 3.63) is 58.1 Å². The lowest BCUT2D eigenvalue weighted by atomic mass is 10.1. The number of aliphatic hydroxyl groups excluding tert-OH is 1. The van der Waals surface area contributed by atoms with E-state index in [1.165, 1.54) is 0 Å². The zero-order valence-corrected chi connectivity index (χ0v) is 12.1. The van der Waals surface area contributed by atoms with E-state index in [1.54, 1.807) is 21.5 Å². The van der Waals surface area contributed by atoms with Crippen molar-refractivity contribution >= 4 is 5.52 Å². The molecule has 0 bridgehead atoms. The van der Waals surface area contributed by atoms with E-state index >= 15 is 0 Å². The SMILES string of the molecule is CCn1ccn2nc(-c3ccc(C)cc3)c(CO)c2c1=O. The van der Waals surface area contributed by atoms with Crippen LogP contribution in [0.25, 0.3) is 16.8 Å². The van der Waals surface area contributed by atoms with E-state index in [0.29, 0.717) is 23.3 Å². The molecule has 2 heterocycles. The minimum absolute atomic E-state index is 0.130. The third-order valence-corrected chi connectivity index (χ3v) is 3.68. The summed E-state index contributed by atoms with van der Waals surface area (Å²) in [7, 11) is 0. The lowest BCUT2D eigenvalue weighted by Gasteiger charge is -2.02. The Morgan fingerprint density at radius 2 is 1.90 bits per heavy atom. The molecule has 1 aromatic carbocycles. The van der Waals surface area contributed by atoms with Crippen LogP contribution in [0.1, 0.15) is 18.1 Å². The minimum Gasteiger partial charge on any atom is -0.392 e. The van der Waals surface area contributed by atoms with Gasteiger partial charge in [0.1, 0.15) is 5.52 Å². The quantitative estimate of drug-likeness (QED) is 0.799. The maximum Gasteiger partial charge on any atom is 0.276 e. The third kappa shape index (κ3) is 2.15. The van der Waals surface area contributed by atoms with Gasteiger partial charge in [-0.1, -0.05) is 29.8 Å². The van der Waals surface area contributed by atoms with E-state index in [2.05, 4.69) is 5.10 Å². The average Bonchev–Trinajstić information content (AvgIpc) is 2.88. The second-order valence-corrected chi connectivity index (χ2v) is 5.03. The molecular formula is C16H17N3O2. The number of hydrogen-bond donors (Lipinski definition) is 1. The number of aromatic nitrogens is 3.